The van der Waals surface area contributed by atoms with Gasteiger partial charge in [-0.15, -0.1) is 0 Å². The van der Waals surface area contributed by atoms with Crippen molar-refractivity contribution in [3.05, 3.63) is 53.5 Å². The highest BCUT2D eigenvalue weighted by atomic mass is 16.2. The summed E-state index contributed by atoms with van der Waals surface area (Å²) in [6.07, 6.45) is 0. The summed E-state index contributed by atoms with van der Waals surface area (Å²) < 4.78 is 0. The zero-order valence-corrected chi connectivity index (χ0v) is 16.1. The minimum absolute atomic E-state index is 0.0316. The summed E-state index contributed by atoms with van der Waals surface area (Å²) in [5.74, 6) is -0.0660. The number of rotatable bonds is 4. The second-order valence-corrected chi connectivity index (χ2v) is 7.28. The van der Waals surface area contributed by atoms with Gasteiger partial charge in [-0.2, -0.15) is 5.10 Å². The maximum atomic E-state index is 12.9. The molecule has 8 heteroatoms. The molecule has 0 aliphatic carbocycles. The lowest BCUT2D eigenvalue weighted by Crippen LogP contribution is -2.48. The largest absolute Gasteiger partial charge is 0.353 e. The summed E-state index contributed by atoms with van der Waals surface area (Å²) in [5.41, 5.74) is 2.96. The van der Waals surface area contributed by atoms with Gasteiger partial charge in [0, 0.05) is 57.9 Å². The number of nitrogens with one attached hydrogen (secondary N) is 2. The molecule has 8 nitrogen and oxygen atoms in total. The van der Waals surface area contributed by atoms with Crippen LogP contribution < -0.4 is 0 Å². The number of benzene rings is 1. The number of H-pyrrole nitrogens is 2. The third-order valence-corrected chi connectivity index (χ3v) is 5.11. The fraction of sp³-hybridized carbons (Fsp3) is 0.350. The third-order valence-electron chi connectivity index (χ3n) is 5.11. The molecule has 0 spiro atoms. The number of para-hydroxylation sites is 1. The maximum Gasteiger partial charge on any atom is 0.275 e. The van der Waals surface area contributed by atoms with Gasteiger partial charge in [0.2, 0.25) is 0 Å². The molecule has 1 saturated heterocycles. The van der Waals surface area contributed by atoms with Crippen LogP contribution in [0.4, 0.5) is 0 Å². The number of nitrogens with zero attached hydrogens (tertiary/aromatic N) is 4. The summed E-state index contributed by atoms with van der Waals surface area (Å²) in [7, 11) is 3.48. The summed E-state index contributed by atoms with van der Waals surface area (Å²) in [5, 5.41) is 8.01. The molecule has 2 N–H and O–H groups in total. The van der Waals surface area contributed by atoms with Crippen molar-refractivity contribution in [3.63, 3.8) is 0 Å². The van der Waals surface area contributed by atoms with Gasteiger partial charge in [-0.3, -0.25) is 19.6 Å². The van der Waals surface area contributed by atoms with Gasteiger partial charge in [0.15, 0.2) is 5.69 Å². The average molecular weight is 380 g/mol. The highest BCUT2D eigenvalue weighted by molar-refractivity contribution is 6.04. The predicted octanol–water partition coefficient (Wildman–Crippen LogP) is 1.55. The lowest BCUT2D eigenvalue weighted by atomic mass is 10.2. The van der Waals surface area contributed by atoms with E-state index in [-0.39, 0.29) is 11.8 Å². The molecule has 1 aliphatic rings. The van der Waals surface area contributed by atoms with E-state index in [0.29, 0.717) is 24.5 Å². The molecule has 3 aromatic rings. The Morgan fingerprint density at radius 1 is 1.07 bits per heavy atom. The van der Waals surface area contributed by atoms with Crippen molar-refractivity contribution < 1.29 is 9.59 Å². The molecule has 2 amide bonds. The SMILES string of the molecule is CN(C)C(=O)c1ccc(CN2CCN(C(=O)c3n[nH]c4ccccc34)CC2)[nH]1. The second kappa shape index (κ2) is 7.47. The van der Waals surface area contributed by atoms with Crippen molar-refractivity contribution in [1.82, 2.24) is 29.9 Å². The van der Waals surface area contributed by atoms with Gasteiger partial charge >= 0.3 is 0 Å². The highest BCUT2D eigenvalue weighted by Crippen LogP contribution is 2.18. The Morgan fingerprint density at radius 2 is 1.82 bits per heavy atom. The van der Waals surface area contributed by atoms with E-state index >= 15 is 0 Å². The lowest BCUT2D eigenvalue weighted by molar-refractivity contribution is 0.0622. The Bertz CT molecular complexity index is 997. The van der Waals surface area contributed by atoms with Crippen LogP contribution in [0.3, 0.4) is 0 Å². The van der Waals surface area contributed by atoms with Gasteiger partial charge in [0.25, 0.3) is 11.8 Å². The molecule has 28 heavy (non-hydrogen) atoms. The molecule has 0 atom stereocenters. The van der Waals surface area contributed by atoms with E-state index in [0.717, 1.165) is 36.2 Å². The number of carbonyl (C=O) groups is 2. The Balaban J connectivity index is 1.36. The first-order chi connectivity index (χ1) is 13.5. The van der Waals surface area contributed by atoms with Crippen molar-refractivity contribution in [3.8, 4) is 0 Å². The number of amides is 2. The minimum atomic E-state index is -0.0344. The van der Waals surface area contributed by atoms with Crippen LogP contribution >= 0.6 is 0 Å². The Kier molecular flexibility index (Phi) is 4.87. The zero-order chi connectivity index (χ0) is 19.7. The molecule has 1 aliphatic heterocycles. The first-order valence-electron chi connectivity index (χ1n) is 9.37. The van der Waals surface area contributed by atoms with Crippen LogP contribution in [0.5, 0.6) is 0 Å². The van der Waals surface area contributed by atoms with E-state index in [2.05, 4.69) is 20.1 Å². The van der Waals surface area contributed by atoms with Crippen LogP contribution in [-0.4, -0.2) is 82.0 Å². The topological polar surface area (TPSA) is 88.3 Å². The second-order valence-electron chi connectivity index (χ2n) is 7.28. The van der Waals surface area contributed by atoms with Crippen LogP contribution in [0.1, 0.15) is 26.7 Å². The number of hydrogen-bond donors (Lipinski definition) is 2. The number of aromatic nitrogens is 3. The number of piperazine rings is 1. The fourth-order valence-electron chi connectivity index (χ4n) is 3.52. The van der Waals surface area contributed by atoms with Crippen LogP contribution in [-0.2, 0) is 6.54 Å². The highest BCUT2D eigenvalue weighted by Gasteiger charge is 2.25. The minimum Gasteiger partial charge on any atom is -0.353 e. The Labute approximate surface area is 163 Å². The van der Waals surface area contributed by atoms with Crippen LogP contribution in [0.15, 0.2) is 36.4 Å². The van der Waals surface area contributed by atoms with E-state index in [1.165, 1.54) is 0 Å². The van der Waals surface area contributed by atoms with Crippen molar-refractivity contribution >= 4 is 22.7 Å². The Hall–Kier alpha value is -3.13. The van der Waals surface area contributed by atoms with Gasteiger partial charge in [-0.05, 0) is 18.2 Å². The Morgan fingerprint density at radius 3 is 2.57 bits per heavy atom. The monoisotopic (exact) mass is 380 g/mol. The maximum absolute atomic E-state index is 12.9. The summed E-state index contributed by atoms with van der Waals surface area (Å²) in [4.78, 5) is 33.7. The van der Waals surface area contributed by atoms with Gasteiger partial charge in [0.05, 0.1) is 5.52 Å². The molecule has 2 aromatic heterocycles. The lowest BCUT2D eigenvalue weighted by Gasteiger charge is -2.34. The summed E-state index contributed by atoms with van der Waals surface area (Å²) in [6, 6.07) is 11.4. The molecular formula is C20H24N6O2. The van der Waals surface area contributed by atoms with Crippen LogP contribution in [0, 0.1) is 0 Å². The van der Waals surface area contributed by atoms with Crippen LogP contribution in [0.2, 0.25) is 0 Å². The van der Waals surface area contributed by atoms with Gasteiger partial charge in [0.1, 0.15) is 5.69 Å². The number of fused-ring (bicyclic) bond motifs is 1. The smallest absolute Gasteiger partial charge is 0.275 e. The van der Waals surface area contributed by atoms with Gasteiger partial charge < -0.3 is 14.8 Å². The third kappa shape index (κ3) is 3.50. The van der Waals surface area contributed by atoms with E-state index in [1.54, 1.807) is 19.0 Å². The van der Waals surface area contributed by atoms with Crippen molar-refractivity contribution in [2.75, 3.05) is 40.3 Å². The molecule has 3 heterocycles. The van der Waals surface area contributed by atoms with E-state index in [1.807, 2.05) is 41.3 Å². The molecule has 1 fully saturated rings. The molecule has 0 bridgehead atoms. The fourth-order valence-corrected chi connectivity index (χ4v) is 3.52. The summed E-state index contributed by atoms with van der Waals surface area (Å²) >= 11 is 0. The van der Waals surface area contributed by atoms with Gasteiger partial charge in [-0.1, -0.05) is 18.2 Å². The van der Waals surface area contributed by atoms with Gasteiger partial charge in [-0.25, -0.2) is 0 Å². The molecule has 1 aromatic carbocycles. The first-order valence-corrected chi connectivity index (χ1v) is 9.37. The standard InChI is InChI=1S/C20H24N6O2/c1-24(2)19(27)17-8-7-14(21-17)13-25-9-11-26(12-10-25)20(28)18-15-5-3-4-6-16(15)22-23-18/h3-8,21H,9-13H2,1-2H3,(H,22,23). The normalized spacial score (nSPS) is 15.1. The average Bonchev–Trinajstić information content (AvgIpc) is 3.34. The number of carbonyl (C=O) groups excluding carboxylic acids is 2. The predicted molar refractivity (Wildman–Crippen MR) is 106 cm³/mol. The number of aromatic amines is 2. The molecule has 0 saturated carbocycles. The quantitative estimate of drug-likeness (QED) is 0.719. The summed E-state index contributed by atoms with van der Waals surface area (Å²) in [6.45, 7) is 3.61. The first kappa shape index (κ1) is 18.2. The van der Waals surface area contributed by atoms with Crippen molar-refractivity contribution in [2.24, 2.45) is 0 Å². The van der Waals surface area contributed by atoms with E-state index in [9.17, 15) is 9.59 Å². The molecule has 0 unspecified atom stereocenters. The van der Waals surface area contributed by atoms with Crippen LogP contribution in [0.25, 0.3) is 10.9 Å². The van der Waals surface area contributed by atoms with Crippen molar-refractivity contribution in [1.29, 1.82) is 0 Å². The number of hydrogen-bond acceptors (Lipinski definition) is 4. The zero-order valence-electron chi connectivity index (χ0n) is 16.1. The van der Waals surface area contributed by atoms with Crippen molar-refractivity contribution in [2.45, 2.75) is 6.54 Å². The van der Waals surface area contributed by atoms with E-state index in [4.69, 9.17) is 0 Å². The molecular weight excluding hydrogens is 356 g/mol. The molecule has 4 rings (SSSR count). The van der Waals surface area contributed by atoms with E-state index < -0.39 is 0 Å². The molecule has 0 radical (unpaired) electrons. The molecule has 146 valence electrons.